The number of rotatable bonds is 4. The van der Waals surface area contributed by atoms with Gasteiger partial charge in [0.1, 0.15) is 0 Å². The monoisotopic (exact) mass is 277 g/mol. The zero-order valence-electron chi connectivity index (χ0n) is 9.76. The van der Waals surface area contributed by atoms with Crippen LogP contribution in [0.5, 0.6) is 0 Å². The van der Waals surface area contributed by atoms with Gasteiger partial charge in [-0.15, -0.1) is 0 Å². The van der Waals surface area contributed by atoms with Gasteiger partial charge in [0.05, 0.1) is 5.69 Å². The number of nitrogens with zero attached hydrogens (tertiary/aromatic N) is 2. The standard InChI is InChI=1S/C12H11N3O3S/c16-12(10-6-8-13-9-7-10)14-15(19(17)18)11-4-2-1-3-5-11/h1-9H,(H,14,16)(H,17,18). The van der Waals surface area contributed by atoms with E-state index >= 15 is 0 Å². The summed E-state index contributed by atoms with van der Waals surface area (Å²) < 4.78 is 21.4. The van der Waals surface area contributed by atoms with Crippen LogP contribution in [0.1, 0.15) is 10.4 Å². The van der Waals surface area contributed by atoms with E-state index in [9.17, 15) is 13.6 Å². The molecular formula is C12H11N3O3S. The molecule has 1 amide bonds. The lowest BCUT2D eigenvalue weighted by molar-refractivity contribution is 0.0955. The maximum atomic E-state index is 11.9. The van der Waals surface area contributed by atoms with E-state index in [2.05, 4.69) is 10.4 Å². The molecule has 0 aliphatic rings. The summed E-state index contributed by atoms with van der Waals surface area (Å²) in [6, 6.07) is 11.4. The van der Waals surface area contributed by atoms with Crippen molar-refractivity contribution in [2.75, 3.05) is 4.41 Å². The molecule has 2 rings (SSSR count). The van der Waals surface area contributed by atoms with Crippen LogP contribution in [0.4, 0.5) is 5.69 Å². The highest BCUT2D eigenvalue weighted by atomic mass is 32.2. The van der Waals surface area contributed by atoms with Gasteiger partial charge in [0.2, 0.25) is 0 Å². The normalized spacial score (nSPS) is 11.6. The van der Waals surface area contributed by atoms with Crippen molar-refractivity contribution in [1.82, 2.24) is 10.4 Å². The maximum absolute atomic E-state index is 11.9. The topological polar surface area (TPSA) is 82.5 Å². The average Bonchev–Trinajstić information content (AvgIpc) is 2.46. The number of amides is 1. The van der Waals surface area contributed by atoms with Gasteiger partial charge in [0, 0.05) is 18.0 Å². The molecule has 0 aliphatic carbocycles. The molecule has 0 aliphatic heterocycles. The predicted octanol–water partition coefficient (Wildman–Crippen LogP) is 1.37. The van der Waals surface area contributed by atoms with Gasteiger partial charge in [-0.05, 0) is 24.3 Å². The molecule has 0 bridgehead atoms. The second kappa shape index (κ2) is 6.07. The van der Waals surface area contributed by atoms with Gasteiger partial charge in [-0.2, -0.15) is 4.41 Å². The molecule has 0 fully saturated rings. The minimum absolute atomic E-state index is 0.349. The van der Waals surface area contributed by atoms with Crippen molar-refractivity contribution >= 4 is 22.9 Å². The first-order valence-corrected chi connectivity index (χ1v) is 6.42. The third kappa shape index (κ3) is 3.36. The molecule has 98 valence electrons. The highest BCUT2D eigenvalue weighted by Crippen LogP contribution is 2.12. The molecule has 1 heterocycles. The highest BCUT2D eigenvalue weighted by Gasteiger charge is 2.16. The Hall–Kier alpha value is -2.25. The number of anilines is 1. The highest BCUT2D eigenvalue weighted by molar-refractivity contribution is 7.80. The smallest absolute Gasteiger partial charge is 0.281 e. The summed E-state index contributed by atoms with van der Waals surface area (Å²) in [6.07, 6.45) is 2.94. The zero-order valence-corrected chi connectivity index (χ0v) is 10.6. The van der Waals surface area contributed by atoms with Gasteiger partial charge < -0.3 is 0 Å². The molecule has 2 N–H and O–H groups in total. The minimum Gasteiger partial charge on any atom is -0.288 e. The Morgan fingerprint density at radius 2 is 1.79 bits per heavy atom. The van der Waals surface area contributed by atoms with Crippen molar-refractivity contribution in [3.8, 4) is 0 Å². The summed E-state index contributed by atoms with van der Waals surface area (Å²) in [5.41, 5.74) is 3.12. The first kappa shape index (κ1) is 13.2. The van der Waals surface area contributed by atoms with Gasteiger partial charge in [-0.1, -0.05) is 18.2 Å². The molecule has 19 heavy (non-hydrogen) atoms. The molecule has 1 unspecified atom stereocenters. The summed E-state index contributed by atoms with van der Waals surface area (Å²) in [7, 11) is 0. The van der Waals surface area contributed by atoms with Crippen molar-refractivity contribution in [1.29, 1.82) is 0 Å². The minimum atomic E-state index is -2.36. The van der Waals surface area contributed by atoms with Gasteiger partial charge in [-0.25, -0.2) is 9.63 Å². The fraction of sp³-hybridized carbons (Fsp3) is 0. The number of para-hydroxylation sites is 1. The molecule has 1 aromatic heterocycles. The van der Waals surface area contributed by atoms with Crippen LogP contribution in [0.3, 0.4) is 0 Å². The second-order valence-electron chi connectivity index (χ2n) is 3.54. The molecule has 1 aromatic carbocycles. The largest absolute Gasteiger partial charge is 0.288 e. The van der Waals surface area contributed by atoms with Gasteiger partial charge in [-0.3, -0.25) is 14.3 Å². The molecular weight excluding hydrogens is 266 g/mol. The van der Waals surface area contributed by atoms with E-state index in [-0.39, 0.29) is 0 Å². The quantitative estimate of drug-likeness (QED) is 0.653. The van der Waals surface area contributed by atoms with E-state index < -0.39 is 17.2 Å². The summed E-state index contributed by atoms with van der Waals surface area (Å²) in [5, 5.41) is 0. The SMILES string of the molecule is O=C(NN(c1ccccc1)S(=O)O)c1ccncc1. The number of nitrogens with one attached hydrogen (secondary N) is 1. The molecule has 0 saturated heterocycles. The molecule has 6 nitrogen and oxygen atoms in total. The lowest BCUT2D eigenvalue weighted by Gasteiger charge is -2.20. The van der Waals surface area contributed by atoms with Crippen molar-refractivity contribution in [3.63, 3.8) is 0 Å². The van der Waals surface area contributed by atoms with Crippen LogP contribution >= 0.6 is 0 Å². The predicted molar refractivity (Wildman–Crippen MR) is 71.4 cm³/mol. The molecule has 0 saturated carbocycles. The Balaban J connectivity index is 2.19. The van der Waals surface area contributed by atoms with Crippen LogP contribution in [0.25, 0.3) is 0 Å². The van der Waals surface area contributed by atoms with Gasteiger partial charge >= 0.3 is 0 Å². The van der Waals surface area contributed by atoms with E-state index in [1.54, 1.807) is 30.3 Å². The third-order valence-corrected chi connectivity index (χ3v) is 2.91. The van der Waals surface area contributed by atoms with Crippen LogP contribution in [0.15, 0.2) is 54.9 Å². The van der Waals surface area contributed by atoms with E-state index in [0.29, 0.717) is 11.3 Å². The van der Waals surface area contributed by atoms with E-state index in [0.717, 1.165) is 4.41 Å². The summed E-state index contributed by atoms with van der Waals surface area (Å²) in [6.45, 7) is 0. The number of carbonyl (C=O) groups is 1. The number of hydrazine groups is 1. The van der Waals surface area contributed by atoms with Crippen molar-refractivity contribution in [3.05, 3.63) is 60.4 Å². The van der Waals surface area contributed by atoms with Gasteiger partial charge in [0.25, 0.3) is 17.2 Å². The Morgan fingerprint density at radius 1 is 1.16 bits per heavy atom. The zero-order chi connectivity index (χ0) is 13.7. The van der Waals surface area contributed by atoms with Crippen LogP contribution in [-0.4, -0.2) is 19.7 Å². The fourth-order valence-electron chi connectivity index (χ4n) is 1.42. The maximum Gasteiger partial charge on any atom is 0.281 e. The Labute approximate surface area is 112 Å². The number of hydrogen-bond acceptors (Lipinski definition) is 3. The fourth-order valence-corrected chi connectivity index (χ4v) is 1.88. The first-order valence-electron chi connectivity index (χ1n) is 5.35. The summed E-state index contributed by atoms with van der Waals surface area (Å²) >= 11 is -2.36. The number of aromatic nitrogens is 1. The second-order valence-corrected chi connectivity index (χ2v) is 4.36. The Bertz CT molecular complexity index is 577. The van der Waals surface area contributed by atoms with Crippen LogP contribution in [0, 0.1) is 0 Å². The molecule has 0 radical (unpaired) electrons. The number of carbonyl (C=O) groups excluding carboxylic acids is 1. The third-order valence-electron chi connectivity index (χ3n) is 2.29. The van der Waals surface area contributed by atoms with Gasteiger partial charge in [0.15, 0.2) is 0 Å². The van der Waals surface area contributed by atoms with Crippen LogP contribution < -0.4 is 9.84 Å². The van der Waals surface area contributed by atoms with Crippen LogP contribution in [-0.2, 0) is 11.3 Å². The molecule has 7 heteroatoms. The number of pyridine rings is 1. The van der Waals surface area contributed by atoms with Crippen LogP contribution in [0.2, 0.25) is 0 Å². The lowest BCUT2D eigenvalue weighted by atomic mass is 10.2. The summed E-state index contributed by atoms with van der Waals surface area (Å²) in [5.74, 6) is -0.492. The van der Waals surface area contributed by atoms with E-state index in [1.807, 2.05) is 0 Å². The van der Waals surface area contributed by atoms with Crippen molar-refractivity contribution in [2.45, 2.75) is 0 Å². The first-order chi connectivity index (χ1) is 9.18. The van der Waals surface area contributed by atoms with E-state index in [1.165, 1.54) is 24.5 Å². The number of hydrogen-bond donors (Lipinski definition) is 2. The number of benzene rings is 1. The van der Waals surface area contributed by atoms with Crippen molar-refractivity contribution < 1.29 is 13.6 Å². The molecule has 0 spiro atoms. The Morgan fingerprint density at radius 3 is 2.37 bits per heavy atom. The average molecular weight is 277 g/mol. The molecule has 1 atom stereocenters. The van der Waals surface area contributed by atoms with E-state index in [4.69, 9.17) is 0 Å². The summed E-state index contributed by atoms with van der Waals surface area (Å²) in [4.78, 5) is 15.7. The Kier molecular flexibility index (Phi) is 4.22. The lowest BCUT2D eigenvalue weighted by Crippen LogP contribution is -2.43. The molecule has 2 aromatic rings. The van der Waals surface area contributed by atoms with Crippen molar-refractivity contribution in [2.24, 2.45) is 0 Å².